The van der Waals surface area contributed by atoms with Gasteiger partial charge in [0.15, 0.2) is 0 Å². The molecule has 0 aromatic heterocycles. The predicted octanol–water partition coefficient (Wildman–Crippen LogP) is 6.23. The quantitative estimate of drug-likeness (QED) is 0.178. The Labute approximate surface area is 237 Å². The fourth-order valence-electron chi connectivity index (χ4n) is 3.71. The van der Waals surface area contributed by atoms with Crippen molar-refractivity contribution in [2.75, 3.05) is 10.8 Å². The molecular formula is C29H25Cl2N3O4S. The van der Waals surface area contributed by atoms with Gasteiger partial charge in [-0.1, -0.05) is 53.5 Å². The Balaban J connectivity index is 1.42. The second kappa shape index (κ2) is 12.8. The molecule has 0 bridgehead atoms. The number of halogens is 2. The van der Waals surface area contributed by atoms with E-state index in [1.807, 2.05) is 18.2 Å². The van der Waals surface area contributed by atoms with Gasteiger partial charge in [0.05, 0.1) is 16.8 Å². The zero-order chi connectivity index (χ0) is 27.8. The molecule has 0 aliphatic rings. The molecule has 1 N–H and O–H groups in total. The van der Waals surface area contributed by atoms with Gasteiger partial charge >= 0.3 is 0 Å². The van der Waals surface area contributed by atoms with E-state index in [4.69, 9.17) is 27.9 Å². The van der Waals surface area contributed by atoms with E-state index in [-0.39, 0.29) is 4.90 Å². The summed E-state index contributed by atoms with van der Waals surface area (Å²) < 4.78 is 33.7. The second-order valence-corrected chi connectivity index (χ2v) is 11.3. The van der Waals surface area contributed by atoms with Gasteiger partial charge in [-0.3, -0.25) is 9.10 Å². The van der Waals surface area contributed by atoms with Crippen molar-refractivity contribution in [2.45, 2.75) is 18.4 Å². The smallest absolute Gasteiger partial charge is 0.264 e. The molecule has 4 aromatic carbocycles. The van der Waals surface area contributed by atoms with Crippen LogP contribution in [0.4, 0.5) is 5.69 Å². The number of anilines is 1. The number of amides is 1. The summed E-state index contributed by atoms with van der Waals surface area (Å²) in [4.78, 5) is 12.8. The zero-order valence-electron chi connectivity index (χ0n) is 20.9. The molecule has 0 atom stereocenters. The molecule has 10 heteroatoms. The maximum absolute atomic E-state index is 13.4. The van der Waals surface area contributed by atoms with Gasteiger partial charge in [0.1, 0.15) is 18.9 Å². The Morgan fingerprint density at radius 3 is 2.33 bits per heavy atom. The SMILES string of the molecule is Cc1cc(Cl)ccc1N(CC(=O)N/N=C\c1ccc(OCc2cccc(Cl)c2)cc1)S(=O)(=O)c1ccccc1. The first-order valence-electron chi connectivity index (χ1n) is 11.9. The molecule has 0 heterocycles. The minimum absolute atomic E-state index is 0.0633. The normalized spacial score (nSPS) is 11.4. The Bertz CT molecular complexity index is 1580. The van der Waals surface area contributed by atoms with Gasteiger partial charge in [0, 0.05) is 10.0 Å². The lowest BCUT2D eigenvalue weighted by Gasteiger charge is -2.25. The number of nitrogens with zero attached hydrogens (tertiary/aromatic N) is 2. The number of carbonyl (C=O) groups excluding carboxylic acids is 1. The maximum Gasteiger partial charge on any atom is 0.264 e. The monoisotopic (exact) mass is 581 g/mol. The van der Waals surface area contributed by atoms with Crippen LogP contribution in [0.15, 0.2) is 107 Å². The molecule has 0 saturated heterocycles. The van der Waals surface area contributed by atoms with Gasteiger partial charge in [-0.05, 0) is 90.3 Å². The highest BCUT2D eigenvalue weighted by atomic mass is 35.5. The first-order valence-corrected chi connectivity index (χ1v) is 14.0. The highest BCUT2D eigenvalue weighted by Gasteiger charge is 2.28. The molecule has 1 amide bonds. The number of nitrogens with one attached hydrogen (secondary N) is 1. The van der Waals surface area contributed by atoms with Crippen molar-refractivity contribution in [3.05, 3.63) is 124 Å². The van der Waals surface area contributed by atoms with Gasteiger partial charge in [-0.25, -0.2) is 13.8 Å². The van der Waals surface area contributed by atoms with Crippen molar-refractivity contribution < 1.29 is 17.9 Å². The van der Waals surface area contributed by atoms with Crippen LogP contribution < -0.4 is 14.5 Å². The number of carbonyl (C=O) groups is 1. The average Bonchev–Trinajstić information content (AvgIpc) is 2.92. The van der Waals surface area contributed by atoms with Crippen LogP contribution in [0.5, 0.6) is 5.75 Å². The standard InChI is InChI=1S/C29H25Cl2N3O4S/c1-21-16-25(31)12-15-28(21)34(39(36,37)27-8-3-2-4-9-27)19-29(35)33-32-18-22-10-13-26(14-11-22)38-20-23-6-5-7-24(30)17-23/h2-18H,19-20H2,1H3,(H,33,35)/b32-18-. The predicted molar refractivity (Wildman–Crippen MR) is 155 cm³/mol. The van der Waals surface area contributed by atoms with Crippen LogP contribution >= 0.6 is 23.2 Å². The van der Waals surface area contributed by atoms with Crippen LogP contribution in [0.1, 0.15) is 16.7 Å². The fraction of sp³-hybridized carbons (Fsp3) is 0.103. The Morgan fingerprint density at radius 2 is 1.64 bits per heavy atom. The Kier molecular flexibility index (Phi) is 9.24. The minimum Gasteiger partial charge on any atom is -0.489 e. The number of aryl methyl sites for hydroxylation is 1. The van der Waals surface area contributed by atoms with E-state index >= 15 is 0 Å². The van der Waals surface area contributed by atoms with Crippen molar-refractivity contribution in [1.29, 1.82) is 0 Å². The number of sulfonamides is 1. The summed E-state index contributed by atoms with van der Waals surface area (Å²) in [7, 11) is -4.04. The summed E-state index contributed by atoms with van der Waals surface area (Å²) in [5.74, 6) is 0.0536. The van der Waals surface area contributed by atoms with Crippen LogP contribution in [0.25, 0.3) is 0 Å². The number of hydrazone groups is 1. The molecule has 0 unspecified atom stereocenters. The summed E-state index contributed by atoms with van der Waals surface area (Å²) >= 11 is 12.1. The third-order valence-corrected chi connectivity index (χ3v) is 7.87. The number of rotatable bonds is 10. The van der Waals surface area contributed by atoms with Crippen LogP contribution in [0, 0.1) is 6.92 Å². The highest BCUT2D eigenvalue weighted by molar-refractivity contribution is 7.92. The molecule has 0 fully saturated rings. The highest BCUT2D eigenvalue weighted by Crippen LogP contribution is 2.28. The van der Waals surface area contributed by atoms with Crippen LogP contribution in [0.2, 0.25) is 10.0 Å². The zero-order valence-corrected chi connectivity index (χ0v) is 23.2. The van der Waals surface area contributed by atoms with E-state index in [1.165, 1.54) is 18.3 Å². The molecular weight excluding hydrogens is 557 g/mol. The number of hydrogen-bond acceptors (Lipinski definition) is 5. The second-order valence-electron chi connectivity index (χ2n) is 8.54. The first kappa shape index (κ1) is 28.2. The van der Waals surface area contributed by atoms with Gasteiger partial charge < -0.3 is 4.74 Å². The summed E-state index contributed by atoms with van der Waals surface area (Å²) in [5, 5.41) is 5.10. The van der Waals surface area contributed by atoms with E-state index in [1.54, 1.807) is 73.7 Å². The molecule has 0 aliphatic heterocycles. The first-order chi connectivity index (χ1) is 18.7. The molecule has 0 aliphatic carbocycles. The molecule has 39 heavy (non-hydrogen) atoms. The van der Waals surface area contributed by atoms with E-state index in [9.17, 15) is 13.2 Å². The summed E-state index contributed by atoms with van der Waals surface area (Å²) in [6.07, 6.45) is 1.46. The largest absolute Gasteiger partial charge is 0.489 e. The topological polar surface area (TPSA) is 88.1 Å². The van der Waals surface area contributed by atoms with E-state index in [0.717, 1.165) is 9.87 Å². The Morgan fingerprint density at radius 1 is 0.923 bits per heavy atom. The molecule has 200 valence electrons. The lowest BCUT2D eigenvalue weighted by Crippen LogP contribution is -2.40. The lowest BCUT2D eigenvalue weighted by molar-refractivity contribution is -0.119. The van der Waals surface area contributed by atoms with E-state index in [0.29, 0.717) is 39.2 Å². The van der Waals surface area contributed by atoms with Crippen LogP contribution in [-0.2, 0) is 21.4 Å². The van der Waals surface area contributed by atoms with Crippen molar-refractivity contribution in [2.24, 2.45) is 5.10 Å². The minimum atomic E-state index is -4.04. The number of hydrogen-bond donors (Lipinski definition) is 1. The van der Waals surface area contributed by atoms with Crippen molar-refractivity contribution >= 4 is 51.0 Å². The molecule has 0 radical (unpaired) electrons. The van der Waals surface area contributed by atoms with Gasteiger partial charge in [0.2, 0.25) is 0 Å². The van der Waals surface area contributed by atoms with Gasteiger partial charge in [0.25, 0.3) is 15.9 Å². The van der Waals surface area contributed by atoms with Crippen molar-refractivity contribution in [1.82, 2.24) is 5.43 Å². The molecule has 0 spiro atoms. The number of benzene rings is 4. The van der Waals surface area contributed by atoms with E-state index in [2.05, 4.69) is 10.5 Å². The molecule has 4 rings (SSSR count). The van der Waals surface area contributed by atoms with Crippen LogP contribution in [0.3, 0.4) is 0 Å². The summed E-state index contributed by atoms with van der Waals surface area (Å²) in [6.45, 7) is 1.63. The Hall–Kier alpha value is -3.85. The summed E-state index contributed by atoms with van der Waals surface area (Å²) in [5.41, 5.74) is 5.02. The fourth-order valence-corrected chi connectivity index (χ4v) is 5.65. The molecule has 4 aromatic rings. The van der Waals surface area contributed by atoms with Gasteiger partial charge in [-0.15, -0.1) is 0 Å². The molecule has 0 saturated carbocycles. The third kappa shape index (κ3) is 7.60. The van der Waals surface area contributed by atoms with E-state index < -0.39 is 22.5 Å². The van der Waals surface area contributed by atoms with Gasteiger partial charge in [-0.2, -0.15) is 5.10 Å². The average molecular weight is 583 g/mol. The maximum atomic E-state index is 13.4. The third-order valence-electron chi connectivity index (χ3n) is 5.62. The summed E-state index contributed by atoms with van der Waals surface area (Å²) in [6, 6.07) is 27.3. The van der Waals surface area contributed by atoms with Crippen LogP contribution in [-0.4, -0.2) is 27.1 Å². The lowest BCUT2D eigenvalue weighted by atomic mass is 10.2. The number of ether oxygens (including phenoxy) is 1. The van der Waals surface area contributed by atoms with Crippen molar-refractivity contribution in [3.63, 3.8) is 0 Å². The molecule has 7 nitrogen and oxygen atoms in total. The van der Waals surface area contributed by atoms with Crippen molar-refractivity contribution in [3.8, 4) is 5.75 Å².